The van der Waals surface area contributed by atoms with Crippen LogP contribution in [0.3, 0.4) is 0 Å². The fourth-order valence-electron chi connectivity index (χ4n) is 2.50. The Balaban J connectivity index is 1.77. The minimum atomic E-state index is -0.469. The third kappa shape index (κ3) is 5.96. The standard InChI is InChI=1S/C23H19ClN2O3/c24-20-13-5-4-12-19(20)22(27)26-21(14-6-10-17-8-2-1-3-9-17)23(28)25-16-18-11-7-15-29-18/h1-15H,16H2,(H,25,28)(H,26,27). The van der Waals surface area contributed by atoms with E-state index in [0.29, 0.717) is 10.8 Å². The number of halogens is 1. The molecule has 0 fully saturated rings. The molecule has 0 spiro atoms. The number of nitrogens with one attached hydrogen (secondary N) is 2. The molecule has 0 saturated carbocycles. The van der Waals surface area contributed by atoms with Crippen molar-refractivity contribution in [1.82, 2.24) is 10.6 Å². The van der Waals surface area contributed by atoms with Crippen molar-refractivity contribution in [2.45, 2.75) is 6.54 Å². The average Bonchev–Trinajstić information content (AvgIpc) is 3.26. The SMILES string of the molecule is O=C(NCc1ccco1)C(=CC=Cc1ccccc1)NC(=O)c1ccccc1Cl. The predicted octanol–water partition coefficient (Wildman–Crippen LogP) is 4.58. The predicted molar refractivity (Wildman–Crippen MR) is 113 cm³/mol. The van der Waals surface area contributed by atoms with Gasteiger partial charge in [-0.25, -0.2) is 0 Å². The quantitative estimate of drug-likeness (QED) is 0.445. The highest BCUT2D eigenvalue weighted by atomic mass is 35.5. The van der Waals surface area contributed by atoms with Crippen LogP contribution >= 0.6 is 11.6 Å². The Morgan fingerprint density at radius 3 is 2.45 bits per heavy atom. The summed E-state index contributed by atoms with van der Waals surface area (Å²) in [5, 5.41) is 5.66. The molecule has 2 aromatic carbocycles. The van der Waals surface area contributed by atoms with E-state index < -0.39 is 11.8 Å². The van der Waals surface area contributed by atoms with Gasteiger partial charge in [0.1, 0.15) is 11.5 Å². The van der Waals surface area contributed by atoms with Crippen LogP contribution in [0.5, 0.6) is 0 Å². The molecule has 3 rings (SSSR count). The summed E-state index contributed by atoms with van der Waals surface area (Å²) in [4.78, 5) is 25.2. The first-order valence-corrected chi connectivity index (χ1v) is 9.31. The average molecular weight is 407 g/mol. The van der Waals surface area contributed by atoms with Crippen LogP contribution < -0.4 is 10.6 Å². The molecule has 2 N–H and O–H groups in total. The van der Waals surface area contributed by atoms with Crippen LogP contribution in [0.15, 0.2) is 95.3 Å². The number of amides is 2. The van der Waals surface area contributed by atoms with Crippen molar-refractivity contribution in [1.29, 1.82) is 0 Å². The summed E-state index contributed by atoms with van der Waals surface area (Å²) >= 11 is 6.09. The molecule has 0 aliphatic heterocycles. The maximum absolute atomic E-state index is 12.6. The number of carbonyl (C=O) groups excluding carboxylic acids is 2. The second-order valence-corrected chi connectivity index (χ2v) is 6.45. The van der Waals surface area contributed by atoms with Gasteiger partial charge in [0.25, 0.3) is 11.8 Å². The summed E-state index contributed by atoms with van der Waals surface area (Å²) in [7, 11) is 0. The van der Waals surface area contributed by atoms with Crippen molar-refractivity contribution in [2.75, 3.05) is 0 Å². The van der Waals surface area contributed by atoms with Crippen LogP contribution in [0, 0.1) is 0 Å². The first kappa shape index (κ1) is 20.2. The summed E-state index contributed by atoms with van der Waals surface area (Å²) in [5.41, 5.74) is 1.34. The molecule has 29 heavy (non-hydrogen) atoms. The lowest BCUT2D eigenvalue weighted by Crippen LogP contribution is -2.34. The zero-order valence-electron chi connectivity index (χ0n) is 15.5. The summed E-state index contributed by atoms with van der Waals surface area (Å²) < 4.78 is 5.22. The maximum Gasteiger partial charge on any atom is 0.268 e. The van der Waals surface area contributed by atoms with Gasteiger partial charge in [0.05, 0.1) is 23.4 Å². The third-order valence-electron chi connectivity index (χ3n) is 3.97. The van der Waals surface area contributed by atoms with Gasteiger partial charge in [0.15, 0.2) is 0 Å². The van der Waals surface area contributed by atoms with Crippen LogP contribution in [0.25, 0.3) is 6.08 Å². The molecule has 0 bridgehead atoms. The van der Waals surface area contributed by atoms with Crippen LogP contribution in [-0.4, -0.2) is 11.8 Å². The van der Waals surface area contributed by atoms with Crippen molar-refractivity contribution in [3.63, 3.8) is 0 Å². The lowest BCUT2D eigenvalue weighted by atomic mass is 10.2. The van der Waals surface area contributed by atoms with E-state index >= 15 is 0 Å². The van der Waals surface area contributed by atoms with Gasteiger partial charge in [-0.1, -0.05) is 66.2 Å². The van der Waals surface area contributed by atoms with Gasteiger partial charge in [0.2, 0.25) is 0 Å². The molecule has 0 saturated heterocycles. The minimum Gasteiger partial charge on any atom is -0.467 e. The van der Waals surface area contributed by atoms with Crippen molar-refractivity contribution >= 4 is 29.5 Å². The van der Waals surface area contributed by atoms with Crippen molar-refractivity contribution < 1.29 is 14.0 Å². The Labute approximate surface area is 173 Å². The van der Waals surface area contributed by atoms with Crippen LogP contribution in [0.1, 0.15) is 21.7 Å². The Hall–Kier alpha value is -3.57. The van der Waals surface area contributed by atoms with Crippen molar-refractivity contribution in [3.05, 3.63) is 113 Å². The normalized spacial score (nSPS) is 11.4. The van der Waals surface area contributed by atoms with Crippen LogP contribution in [0.4, 0.5) is 0 Å². The van der Waals surface area contributed by atoms with Gasteiger partial charge in [0, 0.05) is 0 Å². The summed E-state index contributed by atoms with van der Waals surface area (Å²) in [6.07, 6.45) is 6.60. The molecule has 5 nitrogen and oxygen atoms in total. The molecule has 0 aliphatic carbocycles. The number of hydrogen-bond donors (Lipinski definition) is 2. The van der Waals surface area contributed by atoms with Crippen LogP contribution in [0.2, 0.25) is 5.02 Å². The van der Waals surface area contributed by atoms with Gasteiger partial charge in [-0.05, 0) is 35.9 Å². The lowest BCUT2D eigenvalue weighted by molar-refractivity contribution is -0.118. The van der Waals surface area contributed by atoms with Crippen molar-refractivity contribution in [2.24, 2.45) is 0 Å². The number of allylic oxidation sites excluding steroid dienone is 2. The second kappa shape index (κ2) is 10.1. The first-order valence-electron chi connectivity index (χ1n) is 8.93. The fourth-order valence-corrected chi connectivity index (χ4v) is 2.73. The number of benzene rings is 2. The van der Waals surface area contributed by atoms with E-state index in [4.69, 9.17) is 16.0 Å². The highest BCUT2D eigenvalue weighted by molar-refractivity contribution is 6.34. The molecule has 6 heteroatoms. The number of furan rings is 1. The molecular weight excluding hydrogens is 388 g/mol. The van der Waals surface area contributed by atoms with Crippen LogP contribution in [-0.2, 0) is 11.3 Å². The van der Waals surface area contributed by atoms with Gasteiger partial charge < -0.3 is 15.1 Å². The Morgan fingerprint density at radius 1 is 0.966 bits per heavy atom. The van der Waals surface area contributed by atoms with E-state index in [1.54, 1.807) is 48.6 Å². The van der Waals surface area contributed by atoms with E-state index in [1.807, 2.05) is 36.4 Å². The largest absolute Gasteiger partial charge is 0.467 e. The Kier molecular flexibility index (Phi) is 7.03. The molecule has 0 aliphatic rings. The molecule has 0 atom stereocenters. The number of carbonyl (C=O) groups is 2. The zero-order valence-corrected chi connectivity index (χ0v) is 16.2. The topological polar surface area (TPSA) is 71.3 Å². The molecular formula is C23H19ClN2O3. The highest BCUT2D eigenvalue weighted by Crippen LogP contribution is 2.15. The van der Waals surface area contributed by atoms with E-state index in [-0.39, 0.29) is 17.8 Å². The minimum absolute atomic E-state index is 0.0913. The van der Waals surface area contributed by atoms with E-state index in [0.717, 1.165) is 5.56 Å². The monoisotopic (exact) mass is 406 g/mol. The highest BCUT2D eigenvalue weighted by Gasteiger charge is 2.16. The Morgan fingerprint density at radius 2 is 1.72 bits per heavy atom. The van der Waals surface area contributed by atoms with Crippen molar-refractivity contribution in [3.8, 4) is 0 Å². The molecule has 2 amide bonds. The van der Waals surface area contributed by atoms with E-state index in [1.165, 1.54) is 6.26 Å². The maximum atomic E-state index is 12.6. The lowest BCUT2D eigenvalue weighted by Gasteiger charge is -2.10. The summed E-state index contributed by atoms with van der Waals surface area (Å²) in [5.74, 6) is -0.308. The molecule has 0 radical (unpaired) electrons. The molecule has 1 aromatic heterocycles. The molecule has 0 unspecified atom stereocenters. The molecule has 1 heterocycles. The summed E-state index contributed by atoms with van der Waals surface area (Å²) in [6.45, 7) is 0.202. The van der Waals surface area contributed by atoms with Gasteiger partial charge >= 0.3 is 0 Å². The first-order chi connectivity index (χ1) is 14.1. The number of rotatable bonds is 7. The van der Waals surface area contributed by atoms with E-state index in [9.17, 15) is 9.59 Å². The van der Waals surface area contributed by atoms with Gasteiger partial charge in [-0.3, -0.25) is 9.59 Å². The fraction of sp³-hybridized carbons (Fsp3) is 0.0435. The van der Waals surface area contributed by atoms with Gasteiger partial charge in [-0.15, -0.1) is 0 Å². The number of hydrogen-bond acceptors (Lipinski definition) is 3. The van der Waals surface area contributed by atoms with Gasteiger partial charge in [-0.2, -0.15) is 0 Å². The summed E-state index contributed by atoms with van der Waals surface area (Å²) in [6, 6.07) is 19.8. The molecule has 3 aromatic rings. The zero-order chi connectivity index (χ0) is 20.5. The smallest absolute Gasteiger partial charge is 0.268 e. The van der Waals surface area contributed by atoms with E-state index in [2.05, 4.69) is 10.6 Å². The Bertz CT molecular complexity index is 1030. The second-order valence-electron chi connectivity index (χ2n) is 6.05. The third-order valence-corrected chi connectivity index (χ3v) is 4.30. The molecule has 146 valence electrons.